The highest BCUT2D eigenvalue weighted by atomic mass is 15.3. The number of aromatic nitrogens is 2. The summed E-state index contributed by atoms with van der Waals surface area (Å²) in [6.07, 6.45) is 2.09. The van der Waals surface area contributed by atoms with Crippen LogP contribution in [-0.4, -0.2) is 9.78 Å². The first-order valence-electron chi connectivity index (χ1n) is 6.35. The molecule has 2 rings (SSSR count). The average Bonchev–Trinajstić information content (AvgIpc) is 2.66. The molecular weight excluding hydrogens is 222 g/mol. The smallest absolute Gasteiger partial charge is 0.0641 e. The molecule has 1 aromatic heterocycles. The zero-order valence-electron chi connectivity index (χ0n) is 11.6. The summed E-state index contributed by atoms with van der Waals surface area (Å²) >= 11 is 0. The van der Waals surface area contributed by atoms with Gasteiger partial charge in [-0.1, -0.05) is 29.8 Å². The van der Waals surface area contributed by atoms with Crippen molar-refractivity contribution in [2.24, 2.45) is 7.05 Å². The van der Waals surface area contributed by atoms with Crippen molar-refractivity contribution < 1.29 is 0 Å². The number of nitrogens with zero attached hydrogens (tertiary/aromatic N) is 2. The van der Waals surface area contributed by atoms with E-state index in [1.54, 1.807) is 0 Å². The third kappa shape index (κ3) is 2.99. The zero-order valence-corrected chi connectivity index (χ0v) is 11.6. The lowest BCUT2D eigenvalue weighted by Crippen LogP contribution is -2.18. The van der Waals surface area contributed by atoms with Crippen molar-refractivity contribution in [1.82, 2.24) is 15.1 Å². The van der Waals surface area contributed by atoms with E-state index in [0.717, 1.165) is 12.2 Å². The van der Waals surface area contributed by atoms with Gasteiger partial charge < -0.3 is 5.32 Å². The Kier molecular flexibility index (Phi) is 3.82. The molecule has 0 amide bonds. The largest absolute Gasteiger partial charge is 0.306 e. The Morgan fingerprint density at radius 3 is 2.72 bits per heavy atom. The van der Waals surface area contributed by atoms with Gasteiger partial charge in [-0.2, -0.15) is 5.10 Å². The number of hydrogen-bond acceptors (Lipinski definition) is 2. The van der Waals surface area contributed by atoms with Gasteiger partial charge in [0.15, 0.2) is 0 Å². The summed E-state index contributed by atoms with van der Waals surface area (Å²) in [7, 11) is 1.96. The van der Waals surface area contributed by atoms with Gasteiger partial charge in [0, 0.05) is 31.4 Å². The summed E-state index contributed by atoms with van der Waals surface area (Å²) in [4.78, 5) is 0. The molecule has 1 heterocycles. The summed E-state index contributed by atoms with van der Waals surface area (Å²) in [5.41, 5.74) is 5.00. The molecular formula is C15H21N3. The van der Waals surface area contributed by atoms with Crippen LogP contribution in [0.25, 0.3) is 0 Å². The lowest BCUT2D eigenvalue weighted by Gasteiger charge is -2.13. The van der Waals surface area contributed by atoms with Crippen LogP contribution in [0.15, 0.2) is 30.5 Å². The maximum absolute atomic E-state index is 4.38. The summed E-state index contributed by atoms with van der Waals surface area (Å²) in [5.74, 6) is 0. The van der Waals surface area contributed by atoms with Crippen LogP contribution in [-0.2, 0) is 13.6 Å². The normalized spacial score (nSPS) is 12.7. The van der Waals surface area contributed by atoms with E-state index in [-0.39, 0.29) is 0 Å². The topological polar surface area (TPSA) is 29.9 Å². The quantitative estimate of drug-likeness (QED) is 0.895. The molecule has 96 valence electrons. The molecule has 2 aromatic rings. The van der Waals surface area contributed by atoms with Gasteiger partial charge in [0.05, 0.1) is 5.69 Å². The minimum Gasteiger partial charge on any atom is -0.306 e. The van der Waals surface area contributed by atoms with Crippen LogP contribution >= 0.6 is 0 Å². The van der Waals surface area contributed by atoms with Crippen molar-refractivity contribution in [2.75, 3.05) is 0 Å². The van der Waals surface area contributed by atoms with Crippen molar-refractivity contribution in [3.05, 3.63) is 52.8 Å². The molecule has 1 atom stereocenters. The van der Waals surface area contributed by atoms with Crippen molar-refractivity contribution in [2.45, 2.75) is 33.4 Å². The van der Waals surface area contributed by atoms with Crippen LogP contribution in [0.4, 0.5) is 0 Å². The second-order valence-corrected chi connectivity index (χ2v) is 4.94. The Hall–Kier alpha value is -1.61. The Morgan fingerprint density at radius 2 is 2.11 bits per heavy atom. The standard InChI is InChI=1S/C15H21N3/c1-11-6-5-7-14(8-11)9-16-12(2)15-10-18(4)17-13(15)3/h5-8,10,12,16H,9H2,1-4H3. The first-order chi connectivity index (χ1) is 8.56. The number of aryl methyl sites for hydroxylation is 3. The molecule has 0 bridgehead atoms. The van der Waals surface area contributed by atoms with E-state index in [2.05, 4.69) is 61.6 Å². The monoisotopic (exact) mass is 243 g/mol. The van der Waals surface area contributed by atoms with Crippen molar-refractivity contribution >= 4 is 0 Å². The van der Waals surface area contributed by atoms with E-state index in [4.69, 9.17) is 0 Å². The van der Waals surface area contributed by atoms with Crippen LogP contribution < -0.4 is 5.32 Å². The van der Waals surface area contributed by atoms with Crippen molar-refractivity contribution in [3.8, 4) is 0 Å². The summed E-state index contributed by atoms with van der Waals surface area (Å²) in [6.45, 7) is 7.25. The molecule has 0 fully saturated rings. The Morgan fingerprint density at radius 1 is 1.33 bits per heavy atom. The predicted molar refractivity (Wildman–Crippen MR) is 74.4 cm³/mol. The van der Waals surface area contributed by atoms with Gasteiger partial charge in [0.1, 0.15) is 0 Å². The number of nitrogens with one attached hydrogen (secondary N) is 1. The lowest BCUT2D eigenvalue weighted by atomic mass is 10.1. The molecule has 1 N–H and O–H groups in total. The maximum atomic E-state index is 4.38. The van der Waals surface area contributed by atoms with E-state index in [1.807, 2.05) is 11.7 Å². The second-order valence-electron chi connectivity index (χ2n) is 4.94. The van der Waals surface area contributed by atoms with Crippen LogP contribution in [0, 0.1) is 13.8 Å². The van der Waals surface area contributed by atoms with Crippen molar-refractivity contribution in [1.29, 1.82) is 0 Å². The molecule has 0 aliphatic heterocycles. The summed E-state index contributed by atoms with van der Waals surface area (Å²) in [6, 6.07) is 8.92. The van der Waals surface area contributed by atoms with Crippen LogP contribution in [0.2, 0.25) is 0 Å². The second kappa shape index (κ2) is 5.36. The molecule has 0 saturated heterocycles. The fourth-order valence-electron chi connectivity index (χ4n) is 2.25. The van der Waals surface area contributed by atoms with E-state index >= 15 is 0 Å². The van der Waals surface area contributed by atoms with Gasteiger partial charge in [-0.25, -0.2) is 0 Å². The lowest BCUT2D eigenvalue weighted by molar-refractivity contribution is 0.572. The molecule has 1 unspecified atom stereocenters. The van der Waals surface area contributed by atoms with E-state index < -0.39 is 0 Å². The molecule has 3 nitrogen and oxygen atoms in total. The molecule has 18 heavy (non-hydrogen) atoms. The molecule has 3 heteroatoms. The SMILES string of the molecule is Cc1cccc(CNC(C)c2cn(C)nc2C)c1. The van der Waals surface area contributed by atoms with E-state index in [0.29, 0.717) is 6.04 Å². The molecule has 0 radical (unpaired) electrons. The van der Waals surface area contributed by atoms with Crippen LogP contribution in [0.1, 0.15) is 35.3 Å². The van der Waals surface area contributed by atoms with Gasteiger partial charge >= 0.3 is 0 Å². The average molecular weight is 243 g/mol. The van der Waals surface area contributed by atoms with Gasteiger partial charge in [-0.3, -0.25) is 4.68 Å². The molecule has 0 aliphatic carbocycles. The highest BCUT2D eigenvalue weighted by Crippen LogP contribution is 2.16. The fourth-order valence-corrected chi connectivity index (χ4v) is 2.25. The molecule has 1 aromatic carbocycles. The van der Waals surface area contributed by atoms with Gasteiger partial charge in [-0.15, -0.1) is 0 Å². The van der Waals surface area contributed by atoms with E-state index in [9.17, 15) is 0 Å². The Bertz CT molecular complexity index is 528. The minimum atomic E-state index is 0.319. The Labute approximate surface area is 109 Å². The highest BCUT2D eigenvalue weighted by Gasteiger charge is 2.10. The molecule has 0 saturated carbocycles. The maximum Gasteiger partial charge on any atom is 0.0641 e. The Balaban J connectivity index is 2.00. The van der Waals surface area contributed by atoms with Gasteiger partial charge in [-0.05, 0) is 26.3 Å². The predicted octanol–water partition coefficient (Wildman–Crippen LogP) is 2.89. The number of hydrogen-bond donors (Lipinski definition) is 1. The summed E-state index contributed by atoms with van der Waals surface area (Å²) < 4.78 is 1.87. The molecule has 0 spiro atoms. The van der Waals surface area contributed by atoms with Crippen molar-refractivity contribution in [3.63, 3.8) is 0 Å². The van der Waals surface area contributed by atoms with Crippen LogP contribution in [0.5, 0.6) is 0 Å². The minimum absolute atomic E-state index is 0.319. The number of rotatable bonds is 4. The first-order valence-corrected chi connectivity index (χ1v) is 6.35. The third-order valence-electron chi connectivity index (χ3n) is 3.21. The van der Waals surface area contributed by atoms with E-state index in [1.165, 1.54) is 16.7 Å². The van der Waals surface area contributed by atoms with Crippen LogP contribution in [0.3, 0.4) is 0 Å². The van der Waals surface area contributed by atoms with Gasteiger partial charge in [0.2, 0.25) is 0 Å². The van der Waals surface area contributed by atoms with Gasteiger partial charge in [0.25, 0.3) is 0 Å². The number of benzene rings is 1. The third-order valence-corrected chi connectivity index (χ3v) is 3.21. The highest BCUT2D eigenvalue weighted by molar-refractivity contribution is 5.23. The zero-order chi connectivity index (χ0) is 13.1. The first kappa shape index (κ1) is 12.8. The summed E-state index contributed by atoms with van der Waals surface area (Å²) in [5, 5.41) is 7.92. The fraction of sp³-hybridized carbons (Fsp3) is 0.400. The molecule has 0 aliphatic rings.